The topological polar surface area (TPSA) is 94.8 Å². The number of aliphatic hydroxyl groups excluding tert-OH is 1. The summed E-state index contributed by atoms with van der Waals surface area (Å²) in [6, 6.07) is 0. The molecule has 1 aliphatic rings. The molecule has 5 nitrogen and oxygen atoms in total. The van der Waals surface area contributed by atoms with Gasteiger partial charge in [0, 0.05) is 5.57 Å². The summed E-state index contributed by atoms with van der Waals surface area (Å²) in [6.07, 6.45) is 1.78. The van der Waals surface area contributed by atoms with Crippen molar-refractivity contribution in [3.05, 3.63) is 23.3 Å². The number of carboxylic acids is 2. The van der Waals surface area contributed by atoms with Crippen molar-refractivity contribution < 1.29 is 24.9 Å². The van der Waals surface area contributed by atoms with Crippen LogP contribution in [0.15, 0.2) is 23.3 Å². The molecule has 0 bridgehead atoms. The molecule has 2 unspecified atom stereocenters. The summed E-state index contributed by atoms with van der Waals surface area (Å²) in [4.78, 5) is 21.9. The Balaban J connectivity index is 3.20. The van der Waals surface area contributed by atoms with Crippen molar-refractivity contribution in [3.8, 4) is 0 Å². The van der Waals surface area contributed by atoms with Crippen LogP contribution in [0.1, 0.15) is 20.3 Å². The molecule has 0 radical (unpaired) electrons. The van der Waals surface area contributed by atoms with Crippen molar-refractivity contribution in [2.45, 2.75) is 26.4 Å². The summed E-state index contributed by atoms with van der Waals surface area (Å²) < 4.78 is 0. The molecule has 0 aliphatic heterocycles. The number of aliphatic carboxylic acids is 2. The van der Waals surface area contributed by atoms with Crippen LogP contribution >= 0.6 is 0 Å². The summed E-state index contributed by atoms with van der Waals surface area (Å²) in [5.74, 6) is -2.25. The maximum atomic E-state index is 11.1. The van der Waals surface area contributed by atoms with Crippen molar-refractivity contribution in [1.82, 2.24) is 0 Å². The van der Waals surface area contributed by atoms with Gasteiger partial charge >= 0.3 is 11.9 Å². The maximum absolute atomic E-state index is 11.1. The molecule has 0 saturated carbocycles. The van der Waals surface area contributed by atoms with E-state index in [1.807, 2.05) is 0 Å². The lowest BCUT2D eigenvalue weighted by Crippen LogP contribution is -2.31. The van der Waals surface area contributed by atoms with Gasteiger partial charge in [0.2, 0.25) is 0 Å². The lowest BCUT2D eigenvalue weighted by Gasteiger charge is -2.27. The zero-order chi connectivity index (χ0) is 12.5. The Morgan fingerprint density at radius 1 is 1.44 bits per heavy atom. The van der Waals surface area contributed by atoms with Gasteiger partial charge in [-0.25, -0.2) is 4.79 Å². The van der Waals surface area contributed by atoms with E-state index in [1.165, 1.54) is 26.0 Å². The van der Waals surface area contributed by atoms with Crippen molar-refractivity contribution in [2.24, 2.45) is 5.41 Å². The first-order valence-electron chi connectivity index (χ1n) is 4.84. The number of hydrogen-bond acceptors (Lipinski definition) is 3. The van der Waals surface area contributed by atoms with Crippen LogP contribution in [0.3, 0.4) is 0 Å². The summed E-state index contributed by atoms with van der Waals surface area (Å²) in [5.41, 5.74) is -0.939. The summed E-state index contributed by atoms with van der Waals surface area (Å²) >= 11 is 0. The summed E-state index contributed by atoms with van der Waals surface area (Å²) in [6.45, 7) is 2.91. The van der Waals surface area contributed by atoms with E-state index in [4.69, 9.17) is 10.2 Å². The molecule has 0 aromatic heterocycles. The largest absolute Gasteiger partial charge is 0.481 e. The molecule has 0 aromatic carbocycles. The highest BCUT2D eigenvalue weighted by molar-refractivity contribution is 5.90. The van der Waals surface area contributed by atoms with Gasteiger partial charge in [-0.1, -0.05) is 6.08 Å². The third-order valence-electron chi connectivity index (χ3n) is 2.63. The third-order valence-corrected chi connectivity index (χ3v) is 2.63. The molecule has 0 fully saturated rings. The second kappa shape index (κ2) is 4.09. The van der Waals surface area contributed by atoms with E-state index in [-0.39, 0.29) is 12.0 Å². The van der Waals surface area contributed by atoms with Crippen LogP contribution in [0.5, 0.6) is 0 Å². The Bertz CT molecular complexity index is 391. The van der Waals surface area contributed by atoms with Crippen molar-refractivity contribution >= 4 is 11.9 Å². The molecule has 2 atom stereocenters. The molecule has 1 rings (SSSR count). The van der Waals surface area contributed by atoms with Gasteiger partial charge in [-0.2, -0.15) is 0 Å². The van der Waals surface area contributed by atoms with Crippen LogP contribution in [-0.4, -0.2) is 33.4 Å². The van der Waals surface area contributed by atoms with E-state index >= 15 is 0 Å². The van der Waals surface area contributed by atoms with E-state index in [1.54, 1.807) is 0 Å². The molecule has 0 spiro atoms. The van der Waals surface area contributed by atoms with Gasteiger partial charge in [-0.15, -0.1) is 0 Å². The van der Waals surface area contributed by atoms with E-state index in [2.05, 4.69) is 0 Å². The van der Waals surface area contributed by atoms with E-state index in [9.17, 15) is 14.7 Å². The number of carbonyl (C=O) groups is 2. The van der Waals surface area contributed by atoms with Crippen molar-refractivity contribution in [1.29, 1.82) is 0 Å². The van der Waals surface area contributed by atoms with E-state index in [0.717, 1.165) is 0 Å². The molecule has 3 N–H and O–H groups in total. The van der Waals surface area contributed by atoms with Crippen LogP contribution in [-0.2, 0) is 9.59 Å². The average Bonchev–Trinajstić information content (AvgIpc) is 2.16. The standard InChI is InChI=1S/C11H14O5/c1-6(12)7-3-8(9(13)14)5-11(2,4-7)10(15)16/h3-4,6,12H,5H2,1-2H3,(H,13,14)(H,15,16). The Labute approximate surface area is 92.7 Å². The fraction of sp³-hybridized carbons (Fsp3) is 0.455. The van der Waals surface area contributed by atoms with Crippen molar-refractivity contribution in [2.75, 3.05) is 0 Å². The van der Waals surface area contributed by atoms with Crippen molar-refractivity contribution in [3.63, 3.8) is 0 Å². The minimum Gasteiger partial charge on any atom is -0.481 e. The summed E-state index contributed by atoms with van der Waals surface area (Å²) in [7, 11) is 0. The predicted molar refractivity (Wildman–Crippen MR) is 55.8 cm³/mol. The smallest absolute Gasteiger partial charge is 0.331 e. The maximum Gasteiger partial charge on any atom is 0.331 e. The van der Waals surface area contributed by atoms with Crippen LogP contribution < -0.4 is 0 Å². The highest BCUT2D eigenvalue weighted by Gasteiger charge is 2.37. The fourth-order valence-electron chi connectivity index (χ4n) is 1.62. The van der Waals surface area contributed by atoms with Crippen LogP contribution in [0.2, 0.25) is 0 Å². The molecule has 0 amide bonds. The second-order valence-electron chi connectivity index (χ2n) is 4.19. The Morgan fingerprint density at radius 3 is 2.38 bits per heavy atom. The zero-order valence-electron chi connectivity index (χ0n) is 9.10. The molecule has 88 valence electrons. The molecular formula is C11H14O5. The monoisotopic (exact) mass is 226 g/mol. The minimum atomic E-state index is -1.27. The van der Waals surface area contributed by atoms with Crippen LogP contribution in [0.4, 0.5) is 0 Å². The number of aliphatic hydroxyl groups is 1. The highest BCUT2D eigenvalue weighted by atomic mass is 16.4. The Hall–Kier alpha value is -1.62. The molecule has 0 heterocycles. The van der Waals surface area contributed by atoms with Gasteiger partial charge in [0.05, 0.1) is 11.5 Å². The van der Waals surface area contributed by atoms with Gasteiger partial charge in [0.25, 0.3) is 0 Å². The molecule has 5 heteroatoms. The fourth-order valence-corrected chi connectivity index (χ4v) is 1.62. The second-order valence-corrected chi connectivity index (χ2v) is 4.19. The van der Waals surface area contributed by atoms with E-state index in [0.29, 0.717) is 5.57 Å². The van der Waals surface area contributed by atoms with Gasteiger partial charge in [-0.05, 0) is 31.9 Å². The zero-order valence-corrected chi connectivity index (χ0v) is 9.10. The summed E-state index contributed by atoms with van der Waals surface area (Å²) in [5, 5.41) is 27.3. The van der Waals surface area contributed by atoms with Crippen LogP contribution in [0.25, 0.3) is 0 Å². The number of rotatable bonds is 3. The predicted octanol–water partition coefficient (Wildman–Crippen LogP) is 0.799. The molecule has 0 aromatic rings. The molecule has 16 heavy (non-hydrogen) atoms. The molecular weight excluding hydrogens is 212 g/mol. The average molecular weight is 226 g/mol. The first kappa shape index (κ1) is 12.4. The van der Waals surface area contributed by atoms with Gasteiger partial charge in [0.15, 0.2) is 0 Å². The van der Waals surface area contributed by atoms with Crippen LogP contribution in [0, 0.1) is 5.41 Å². The molecule has 0 saturated heterocycles. The Kier molecular flexibility index (Phi) is 3.19. The Morgan fingerprint density at radius 2 is 2.00 bits per heavy atom. The van der Waals surface area contributed by atoms with Gasteiger partial charge in [-0.3, -0.25) is 4.79 Å². The first-order valence-corrected chi connectivity index (χ1v) is 4.84. The first-order chi connectivity index (χ1) is 7.26. The lowest BCUT2D eigenvalue weighted by atomic mass is 9.77. The number of hydrogen-bond donors (Lipinski definition) is 3. The normalized spacial score (nSPS) is 26.7. The SMILES string of the molecule is CC(O)C1=CC(C)(C(=O)O)CC(C(=O)O)=C1. The van der Waals surface area contributed by atoms with Gasteiger partial charge < -0.3 is 15.3 Å². The highest BCUT2D eigenvalue weighted by Crippen LogP contribution is 2.35. The lowest BCUT2D eigenvalue weighted by molar-refractivity contribution is -0.145. The van der Waals surface area contributed by atoms with E-state index < -0.39 is 23.5 Å². The molecule has 1 aliphatic carbocycles. The quantitative estimate of drug-likeness (QED) is 0.661. The van der Waals surface area contributed by atoms with Gasteiger partial charge in [0.1, 0.15) is 0 Å². The number of carboxylic acid groups (broad SMARTS) is 2. The minimum absolute atomic E-state index is 0.00306. The third kappa shape index (κ3) is 2.30.